The molecule has 7 nitrogen and oxygen atoms in total. The second kappa shape index (κ2) is 9.93. The van der Waals surface area contributed by atoms with Crippen LogP contribution in [0.25, 0.3) is 30.9 Å². The van der Waals surface area contributed by atoms with E-state index in [4.69, 9.17) is 0 Å². The van der Waals surface area contributed by atoms with Gasteiger partial charge in [0.1, 0.15) is 18.2 Å². The van der Waals surface area contributed by atoms with Crippen molar-refractivity contribution in [3.05, 3.63) is 71.5 Å². The topological polar surface area (TPSA) is 83.0 Å². The molecule has 12 heteroatoms. The van der Waals surface area contributed by atoms with E-state index in [9.17, 15) is 18.0 Å². The second-order valence-electron chi connectivity index (χ2n) is 8.92. The first-order valence-electron chi connectivity index (χ1n) is 11.9. The van der Waals surface area contributed by atoms with Crippen molar-refractivity contribution >= 4 is 54.8 Å². The van der Waals surface area contributed by atoms with Gasteiger partial charge < -0.3 is 15.5 Å². The van der Waals surface area contributed by atoms with Crippen LogP contribution in [0.4, 0.5) is 19.0 Å². The predicted octanol–water partition coefficient (Wildman–Crippen LogP) is 5.08. The zero-order valence-corrected chi connectivity index (χ0v) is 21.5. The van der Waals surface area contributed by atoms with E-state index in [-0.39, 0.29) is 5.91 Å². The molecule has 38 heavy (non-hydrogen) atoms. The zero-order valence-electron chi connectivity index (χ0n) is 19.8. The summed E-state index contributed by atoms with van der Waals surface area (Å²) in [5, 5.41) is 6.29. The predicted molar refractivity (Wildman–Crippen MR) is 143 cm³/mol. The molecule has 0 saturated carbocycles. The fourth-order valence-corrected chi connectivity index (χ4v) is 6.27. The number of benzene rings is 2. The van der Waals surface area contributed by atoms with Crippen molar-refractivity contribution in [3.8, 4) is 10.4 Å². The van der Waals surface area contributed by atoms with Gasteiger partial charge in [-0.3, -0.25) is 4.79 Å². The lowest BCUT2D eigenvalue weighted by Crippen LogP contribution is -2.57. The number of carbonyl (C=O) groups excluding carboxylic acids is 1. The first-order chi connectivity index (χ1) is 18.3. The Morgan fingerprint density at radius 3 is 2.74 bits per heavy atom. The van der Waals surface area contributed by atoms with Gasteiger partial charge in [0.25, 0.3) is 0 Å². The first-order valence-corrected chi connectivity index (χ1v) is 13.5. The number of aromatic nitrogens is 3. The second-order valence-corrected chi connectivity index (χ2v) is 10.9. The lowest BCUT2D eigenvalue weighted by Gasteiger charge is -2.33. The molecule has 2 aromatic carbocycles. The van der Waals surface area contributed by atoms with Crippen LogP contribution < -0.4 is 15.5 Å². The number of nitrogens with zero attached hydrogens (tertiary/aromatic N) is 4. The van der Waals surface area contributed by atoms with Crippen molar-refractivity contribution < 1.29 is 18.0 Å². The number of amides is 1. The van der Waals surface area contributed by atoms with E-state index in [0.29, 0.717) is 43.1 Å². The number of nitrogens with one attached hydrogen (secondary N) is 2. The maximum absolute atomic E-state index is 13.0. The van der Waals surface area contributed by atoms with Gasteiger partial charge in [-0.05, 0) is 41.5 Å². The maximum Gasteiger partial charge on any atom is 0.416 e. The Kier molecular flexibility index (Phi) is 6.46. The number of thiazole rings is 1. The van der Waals surface area contributed by atoms with E-state index in [1.807, 2.05) is 24.3 Å². The van der Waals surface area contributed by atoms with Gasteiger partial charge in [0, 0.05) is 31.1 Å². The van der Waals surface area contributed by atoms with E-state index in [2.05, 4.69) is 30.5 Å². The van der Waals surface area contributed by atoms with Gasteiger partial charge in [-0.15, -0.1) is 22.7 Å². The lowest BCUT2D eigenvalue weighted by atomic mass is 10.1. The number of anilines is 1. The molecule has 1 atom stereocenters. The largest absolute Gasteiger partial charge is 0.416 e. The lowest BCUT2D eigenvalue weighted by molar-refractivity contribution is -0.137. The summed E-state index contributed by atoms with van der Waals surface area (Å²) in [6.07, 6.45) is -2.90. The molecule has 6 rings (SSSR count). The highest BCUT2D eigenvalue weighted by atomic mass is 32.1. The highest BCUT2D eigenvalue weighted by molar-refractivity contribution is 7.22. The minimum atomic E-state index is -4.38. The molecular formula is C26H21F3N6OS2. The minimum Gasteiger partial charge on any atom is -0.352 e. The van der Waals surface area contributed by atoms with Crippen molar-refractivity contribution in [1.29, 1.82) is 0 Å². The smallest absolute Gasteiger partial charge is 0.352 e. The molecule has 1 amide bonds. The number of rotatable bonds is 5. The number of hydrogen-bond acceptors (Lipinski definition) is 8. The molecule has 1 aliphatic heterocycles. The van der Waals surface area contributed by atoms with Crippen molar-refractivity contribution in [2.24, 2.45) is 0 Å². The fourth-order valence-electron chi connectivity index (χ4n) is 4.48. The number of thiophene rings is 1. The summed E-state index contributed by atoms with van der Waals surface area (Å²) >= 11 is 3.01. The summed E-state index contributed by atoms with van der Waals surface area (Å²) in [5.74, 6) is 0.612. The van der Waals surface area contributed by atoms with Gasteiger partial charge in [0.15, 0.2) is 0 Å². The molecule has 0 bridgehead atoms. The number of piperazine rings is 1. The van der Waals surface area contributed by atoms with Gasteiger partial charge in [-0.25, -0.2) is 15.0 Å². The van der Waals surface area contributed by atoms with Crippen LogP contribution in [0.3, 0.4) is 0 Å². The summed E-state index contributed by atoms with van der Waals surface area (Å²) < 4.78 is 40.8. The summed E-state index contributed by atoms with van der Waals surface area (Å²) in [6, 6.07) is 12.5. The third-order valence-electron chi connectivity index (χ3n) is 6.44. The van der Waals surface area contributed by atoms with Crippen molar-refractivity contribution in [3.63, 3.8) is 0 Å². The monoisotopic (exact) mass is 554 g/mol. The zero-order chi connectivity index (χ0) is 26.3. The third-order valence-corrected chi connectivity index (χ3v) is 8.42. The van der Waals surface area contributed by atoms with Crippen LogP contribution in [-0.4, -0.2) is 46.5 Å². The molecule has 5 aromatic rings. The quantitative estimate of drug-likeness (QED) is 0.315. The van der Waals surface area contributed by atoms with E-state index in [0.717, 1.165) is 37.5 Å². The Balaban J connectivity index is 1.17. The fraction of sp³-hybridized carbons (Fsp3) is 0.231. The van der Waals surface area contributed by atoms with Gasteiger partial charge in [0.2, 0.25) is 5.91 Å². The highest BCUT2D eigenvalue weighted by Gasteiger charge is 2.30. The summed E-state index contributed by atoms with van der Waals surface area (Å²) in [4.78, 5) is 29.0. The molecule has 0 unspecified atom stereocenters. The standard InChI is InChI=1S/C26H21F3N6OS2/c27-26(28,29)17-4-2-16(3-5-17)22-10-19-23(38-22)24(33-13-32-19)35-8-7-30-20(12-35)25(36)31-11-15-1-6-21-18(9-15)34-14-37-21/h1-6,9-10,13-14,20,30H,7-8,11-12H2,(H,31,36)/t20-/m0/s1. The molecule has 1 fully saturated rings. The Morgan fingerprint density at radius 2 is 1.92 bits per heavy atom. The molecule has 0 aliphatic carbocycles. The van der Waals surface area contributed by atoms with E-state index in [1.54, 1.807) is 16.8 Å². The number of hydrogen-bond donors (Lipinski definition) is 2. The maximum atomic E-state index is 13.0. The van der Waals surface area contributed by atoms with Crippen LogP contribution in [0.5, 0.6) is 0 Å². The molecule has 0 radical (unpaired) electrons. The van der Waals surface area contributed by atoms with Gasteiger partial charge in [0.05, 0.1) is 31.5 Å². The molecule has 1 aliphatic rings. The van der Waals surface area contributed by atoms with Crippen LogP contribution >= 0.6 is 22.7 Å². The molecule has 194 valence electrons. The van der Waals surface area contributed by atoms with Crippen LogP contribution in [0.15, 0.2) is 60.4 Å². The van der Waals surface area contributed by atoms with E-state index in [1.165, 1.54) is 29.8 Å². The van der Waals surface area contributed by atoms with Gasteiger partial charge >= 0.3 is 6.18 Å². The van der Waals surface area contributed by atoms with E-state index < -0.39 is 17.8 Å². The molecule has 0 spiro atoms. The number of alkyl halides is 3. The average molecular weight is 555 g/mol. The normalized spacial score (nSPS) is 16.3. The molecule has 4 heterocycles. The molecule has 1 saturated heterocycles. The third kappa shape index (κ3) is 4.94. The highest BCUT2D eigenvalue weighted by Crippen LogP contribution is 2.38. The van der Waals surface area contributed by atoms with Crippen LogP contribution in [-0.2, 0) is 17.5 Å². The van der Waals surface area contributed by atoms with E-state index >= 15 is 0 Å². The van der Waals surface area contributed by atoms with Gasteiger partial charge in [-0.1, -0.05) is 18.2 Å². The number of halogens is 3. The van der Waals surface area contributed by atoms with Crippen molar-refractivity contribution in [1.82, 2.24) is 25.6 Å². The Labute approximate surface area is 223 Å². The SMILES string of the molecule is O=C(NCc1ccc2scnc2c1)[C@@H]1CN(c2ncnc3cc(-c4ccc(C(F)(F)F)cc4)sc23)CCN1. The van der Waals surface area contributed by atoms with Gasteiger partial charge in [-0.2, -0.15) is 13.2 Å². The molecule has 2 N–H and O–H groups in total. The summed E-state index contributed by atoms with van der Waals surface area (Å²) in [6.45, 7) is 2.09. The molecular weight excluding hydrogens is 533 g/mol. The Hall–Kier alpha value is -3.61. The number of fused-ring (bicyclic) bond motifs is 2. The first kappa shape index (κ1) is 24.7. The average Bonchev–Trinajstić information content (AvgIpc) is 3.58. The van der Waals surface area contributed by atoms with Crippen molar-refractivity contribution in [2.45, 2.75) is 18.8 Å². The van der Waals surface area contributed by atoms with Crippen LogP contribution in [0, 0.1) is 0 Å². The minimum absolute atomic E-state index is 0.102. The number of carbonyl (C=O) groups is 1. The summed E-state index contributed by atoms with van der Waals surface area (Å²) in [5.41, 5.74) is 4.42. The van der Waals surface area contributed by atoms with Crippen molar-refractivity contribution in [2.75, 3.05) is 24.5 Å². The van der Waals surface area contributed by atoms with Crippen LogP contribution in [0.2, 0.25) is 0 Å². The Morgan fingerprint density at radius 1 is 1.08 bits per heavy atom. The molecule has 3 aromatic heterocycles. The summed E-state index contributed by atoms with van der Waals surface area (Å²) in [7, 11) is 0. The Bertz CT molecular complexity index is 1620. The van der Waals surface area contributed by atoms with Crippen LogP contribution in [0.1, 0.15) is 11.1 Å².